The van der Waals surface area contributed by atoms with Gasteiger partial charge in [0.25, 0.3) is 5.56 Å². The molecule has 1 fully saturated rings. The lowest BCUT2D eigenvalue weighted by Crippen LogP contribution is -2.32. The van der Waals surface area contributed by atoms with Gasteiger partial charge in [-0.05, 0) is 12.8 Å². The van der Waals surface area contributed by atoms with Crippen LogP contribution in [-0.4, -0.2) is 34.3 Å². The maximum Gasteiger partial charge on any atom is 0.276 e. The summed E-state index contributed by atoms with van der Waals surface area (Å²) in [7, 11) is 0. The molecule has 0 atom stereocenters. The third-order valence-electron chi connectivity index (χ3n) is 2.47. The van der Waals surface area contributed by atoms with Crippen molar-refractivity contribution in [1.82, 2.24) is 9.97 Å². The van der Waals surface area contributed by atoms with Crippen LogP contribution in [0.3, 0.4) is 0 Å². The lowest BCUT2D eigenvalue weighted by atomic mass is 10.4. The van der Waals surface area contributed by atoms with Gasteiger partial charge < -0.3 is 20.7 Å². The summed E-state index contributed by atoms with van der Waals surface area (Å²) in [5.74, 6) is 0.482. The summed E-state index contributed by atoms with van der Waals surface area (Å²) >= 11 is 0. The minimum absolute atomic E-state index is 0.0322. The first kappa shape index (κ1) is 9.97. The fourth-order valence-electron chi connectivity index (χ4n) is 1.59. The highest BCUT2D eigenvalue weighted by atomic mass is 16.3. The highest BCUT2D eigenvalue weighted by Crippen LogP contribution is 2.31. The van der Waals surface area contributed by atoms with Crippen LogP contribution in [0.25, 0.3) is 0 Å². The highest BCUT2D eigenvalue weighted by molar-refractivity contribution is 5.61. The van der Waals surface area contributed by atoms with Crippen LogP contribution in [0, 0.1) is 0 Å². The van der Waals surface area contributed by atoms with Crippen LogP contribution in [0.15, 0.2) is 11.1 Å². The molecule has 6 heteroatoms. The van der Waals surface area contributed by atoms with Crippen LogP contribution in [0.1, 0.15) is 12.8 Å². The molecule has 1 aromatic rings. The van der Waals surface area contributed by atoms with Crippen molar-refractivity contribution in [3.63, 3.8) is 0 Å². The van der Waals surface area contributed by atoms with Gasteiger partial charge in [0.05, 0.1) is 12.9 Å². The molecule has 0 amide bonds. The zero-order valence-corrected chi connectivity index (χ0v) is 8.31. The number of aliphatic hydroxyl groups is 1. The minimum atomic E-state index is -0.330. The van der Waals surface area contributed by atoms with Crippen LogP contribution >= 0.6 is 0 Å². The van der Waals surface area contributed by atoms with Crippen molar-refractivity contribution in [1.29, 1.82) is 0 Å². The SMILES string of the molecule is Nc1c(N(CCO)C2CC2)nc[nH]c1=O. The number of H-pyrrole nitrogens is 1. The average molecular weight is 210 g/mol. The Labute approximate surface area is 86.7 Å². The first-order valence-corrected chi connectivity index (χ1v) is 4.94. The average Bonchev–Trinajstić information content (AvgIpc) is 3.03. The summed E-state index contributed by atoms with van der Waals surface area (Å²) in [6.45, 7) is 0.496. The second-order valence-corrected chi connectivity index (χ2v) is 3.62. The van der Waals surface area contributed by atoms with Gasteiger partial charge in [0.2, 0.25) is 0 Å². The molecule has 1 aliphatic carbocycles. The molecule has 1 aliphatic rings. The number of nitrogens with one attached hydrogen (secondary N) is 1. The smallest absolute Gasteiger partial charge is 0.276 e. The summed E-state index contributed by atoms with van der Waals surface area (Å²) in [5, 5.41) is 8.94. The van der Waals surface area contributed by atoms with E-state index in [0.29, 0.717) is 18.4 Å². The van der Waals surface area contributed by atoms with E-state index in [-0.39, 0.29) is 17.9 Å². The number of anilines is 2. The normalized spacial score (nSPS) is 15.3. The van der Waals surface area contributed by atoms with E-state index in [0.717, 1.165) is 12.8 Å². The van der Waals surface area contributed by atoms with E-state index >= 15 is 0 Å². The summed E-state index contributed by atoms with van der Waals surface area (Å²) in [4.78, 5) is 19.6. The van der Waals surface area contributed by atoms with Crippen molar-refractivity contribution >= 4 is 11.5 Å². The molecule has 0 aliphatic heterocycles. The van der Waals surface area contributed by atoms with Crippen LogP contribution < -0.4 is 16.2 Å². The zero-order chi connectivity index (χ0) is 10.8. The lowest BCUT2D eigenvalue weighted by Gasteiger charge is -2.22. The van der Waals surface area contributed by atoms with Gasteiger partial charge in [0, 0.05) is 12.6 Å². The number of aromatic nitrogens is 2. The van der Waals surface area contributed by atoms with E-state index in [1.165, 1.54) is 6.33 Å². The molecule has 4 N–H and O–H groups in total. The minimum Gasteiger partial charge on any atom is -0.395 e. The van der Waals surface area contributed by atoms with Gasteiger partial charge in [-0.3, -0.25) is 4.79 Å². The molecule has 0 saturated heterocycles. The van der Waals surface area contributed by atoms with Gasteiger partial charge in [-0.15, -0.1) is 0 Å². The van der Waals surface area contributed by atoms with E-state index in [2.05, 4.69) is 9.97 Å². The lowest BCUT2D eigenvalue weighted by molar-refractivity contribution is 0.301. The van der Waals surface area contributed by atoms with Crippen molar-refractivity contribution in [3.05, 3.63) is 16.7 Å². The molecule has 2 rings (SSSR count). The molecule has 0 radical (unpaired) electrons. The second kappa shape index (κ2) is 3.90. The maximum atomic E-state index is 11.3. The Balaban J connectivity index is 2.32. The number of rotatable bonds is 4. The molecule has 6 nitrogen and oxygen atoms in total. The van der Waals surface area contributed by atoms with Crippen LogP contribution in [-0.2, 0) is 0 Å². The van der Waals surface area contributed by atoms with Gasteiger partial charge in [-0.2, -0.15) is 0 Å². The van der Waals surface area contributed by atoms with Crippen molar-refractivity contribution in [2.75, 3.05) is 23.8 Å². The molecule has 1 heterocycles. The van der Waals surface area contributed by atoms with E-state index in [1.54, 1.807) is 0 Å². The van der Waals surface area contributed by atoms with Crippen molar-refractivity contribution < 1.29 is 5.11 Å². The number of nitrogens with zero attached hydrogens (tertiary/aromatic N) is 2. The molecule has 1 saturated carbocycles. The Morgan fingerprint density at radius 2 is 2.40 bits per heavy atom. The molecule has 0 unspecified atom stereocenters. The number of nitrogen functional groups attached to an aromatic ring is 1. The third-order valence-corrected chi connectivity index (χ3v) is 2.47. The predicted octanol–water partition coefficient (Wildman–Crippen LogP) is -0.687. The van der Waals surface area contributed by atoms with Gasteiger partial charge in [-0.1, -0.05) is 0 Å². The summed E-state index contributed by atoms with van der Waals surface area (Å²) in [6.07, 6.45) is 3.46. The molecular weight excluding hydrogens is 196 g/mol. The van der Waals surface area contributed by atoms with Gasteiger partial charge in [0.1, 0.15) is 5.69 Å². The van der Waals surface area contributed by atoms with Crippen LogP contribution in [0.5, 0.6) is 0 Å². The van der Waals surface area contributed by atoms with E-state index in [1.807, 2.05) is 4.90 Å². The third kappa shape index (κ3) is 1.94. The van der Waals surface area contributed by atoms with Gasteiger partial charge >= 0.3 is 0 Å². The summed E-state index contributed by atoms with van der Waals surface area (Å²) in [6, 6.07) is 0.369. The topological polar surface area (TPSA) is 95.2 Å². The fourth-order valence-corrected chi connectivity index (χ4v) is 1.59. The quantitative estimate of drug-likeness (QED) is 0.611. The molecular formula is C9H14N4O2. The van der Waals surface area contributed by atoms with Gasteiger partial charge in [-0.25, -0.2) is 4.98 Å². The molecule has 1 aromatic heterocycles. The molecule has 0 aromatic carbocycles. The van der Waals surface area contributed by atoms with Crippen molar-refractivity contribution in [2.24, 2.45) is 0 Å². The summed E-state index contributed by atoms with van der Waals surface area (Å²) in [5.41, 5.74) is 5.44. The largest absolute Gasteiger partial charge is 0.395 e. The predicted molar refractivity (Wildman–Crippen MR) is 56.7 cm³/mol. The van der Waals surface area contributed by atoms with E-state index in [9.17, 15) is 4.79 Å². The molecule has 0 bridgehead atoms. The number of aromatic amines is 1. The molecule has 82 valence electrons. The van der Waals surface area contributed by atoms with E-state index in [4.69, 9.17) is 10.8 Å². The number of aliphatic hydroxyl groups excluding tert-OH is 1. The summed E-state index contributed by atoms with van der Waals surface area (Å²) < 4.78 is 0. The van der Waals surface area contributed by atoms with Gasteiger partial charge in [0.15, 0.2) is 5.82 Å². The Morgan fingerprint density at radius 1 is 1.67 bits per heavy atom. The number of hydrogen-bond donors (Lipinski definition) is 3. The Hall–Kier alpha value is -1.56. The standard InChI is InChI=1S/C9H14N4O2/c10-7-8(11-5-12-9(7)15)13(3-4-14)6-1-2-6/h5-6,14H,1-4,10H2,(H,11,12,15). The molecule has 15 heavy (non-hydrogen) atoms. The zero-order valence-electron chi connectivity index (χ0n) is 8.31. The Bertz CT molecular complexity index is 399. The Kier molecular flexibility index (Phi) is 2.59. The second-order valence-electron chi connectivity index (χ2n) is 3.62. The highest BCUT2D eigenvalue weighted by Gasteiger charge is 2.31. The number of nitrogens with two attached hydrogens (primary N) is 1. The van der Waals surface area contributed by atoms with Crippen molar-refractivity contribution in [2.45, 2.75) is 18.9 Å². The van der Waals surface area contributed by atoms with Crippen LogP contribution in [0.2, 0.25) is 0 Å². The molecule has 0 spiro atoms. The van der Waals surface area contributed by atoms with Crippen LogP contribution in [0.4, 0.5) is 11.5 Å². The number of hydrogen-bond acceptors (Lipinski definition) is 5. The van der Waals surface area contributed by atoms with Crippen molar-refractivity contribution in [3.8, 4) is 0 Å². The maximum absolute atomic E-state index is 11.3. The monoisotopic (exact) mass is 210 g/mol. The van der Waals surface area contributed by atoms with E-state index < -0.39 is 0 Å². The first-order chi connectivity index (χ1) is 7.24. The fraction of sp³-hybridized carbons (Fsp3) is 0.556. The first-order valence-electron chi connectivity index (χ1n) is 4.94. The Morgan fingerprint density at radius 3 is 3.00 bits per heavy atom.